The molecule has 0 aliphatic rings. The molecule has 10 heteroatoms. The van der Waals surface area contributed by atoms with Crippen molar-refractivity contribution in [2.24, 2.45) is 0 Å². The van der Waals surface area contributed by atoms with Crippen molar-refractivity contribution in [2.75, 3.05) is 17.4 Å². The number of rotatable bonds is 11. The third-order valence-electron chi connectivity index (χ3n) is 6.35. The molecule has 0 radical (unpaired) electrons. The van der Waals surface area contributed by atoms with E-state index in [9.17, 15) is 22.4 Å². The molecule has 0 fully saturated rings. The summed E-state index contributed by atoms with van der Waals surface area (Å²) in [5, 5.41) is 3.08. The van der Waals surface area contributed by atoms with E-state index in [2.05, 4.69) is 5.32 Å². The number of carbonyl (C=O) groups excluding carboxylic acids is 2. The van der Waals surface area contributed by atoms with E-state index >= 15 is 0 Å². The number of halogens is 2. The van der Waals surface area contributed by atoms with E-state index < -0.39 is 40.2 Å². The van der Waals surface area contributed by atoms with Gasteiger partial charge in [0.15, 0.2) is 0 Å². The normalized spacial score (nSPS) is 12.1. The topological polar surface area (TPSA) is 86.8 Å². The van der Waals surface area contributed by atoms with Gasteiger partial charge in [-0.1, -0.05) is 60.5 Å². The van der Waals surface area contributed by atoms with E-state index in [1.54, 1.807) is 37.3 Å². The fourth-order valence-electron chi connectivity index (χ4n) is 3.89. The van der Waals surface area contributed by atoms with Gasteiger partial charge in [0.2, 0.25) is 11.8 Å². The molecule has 208 valence electrons. The Kier molecular flexibility index (Phi) is 10.1. The van der Waals surface area contributed by atoms with Crippen molar-refractivity contribution in [1.82, 2.24) is 10.2 Å². The molecule has 3 aromatic rings. The van der Waals surface area contributed by atoms with Crippen LogP contribution >= 0.6 is 11.6 Å². The van der Waals surface area contributed by atoms with E-state index in [-0.39, 0.29) is 22.7 Å². The molecule has 0 aliphatic heterocycles. The van der Waals surface area contributed by atoms with Crippen molar-refractivity contribution in [3.8, 4) is 0 Å². The second kappa shape index (κ2) is 13.1. The number of carbonyl (C=O) groups is 2. The first-order valence-corrected chi connectivity index (χ1v) is 14.4. The summed E-state index contributed by atoms with van der Waals surface area (Å²) in [6.45, 7) is 6.60. The summed E-state index contributed by atoms with van der Waals surface area (Å²) in [5.74, 6) is -1.64. The Morgan fingerprint density at radius 3 is 2.31 bits per heavy atom. The van der Waals surface area contributed by atoms with Crippen LogP contribution in [0.2, 0.25) is 5.02 Å². The van der Waals surface area contributed by atoms with E-state index in [0.717, 1.165) is 15.4 Å². The predicted molar refractivity (Wildman–Crippen MR) is 152 cm³/mol. The minimum absolute atomic E-state index is 0.00742. The summed E-state index contributed by atoms with van der Waals surface area (Å²) in [5.41, 5.74) is 2.00. The maximum atomic E-state index is 14.6. The highest BCUT2D eigenvalue weighted by Gasteiger charge is 2.33. The highest BCUT2D eigenvalue weighted by atomic mass is 35.5. The lowest BCUT2D eigenvalue weighted by atomic mass is 10.1. The van der Waals surface area contributed by atoms with Gasteiger partial charge in [-0.2, -0.15) is 0 Å². The molecule has 0 aliphatic carbocycles. The van der Waals surface area contributed by atoms with Crippen LogP contribution in [0.1, 0.15) is 37.0 Å². The van der Waals surface area contributed by atoms with Crippen molar-refractivity contribution >= 4 is 39.1 Å². The van der Waals surface area contributed by atoms with Crippen LogP contribution in [0.25, 0.3) is 0 Å². The van der Waals surface area contributed by atoms with Gasteiger partial charge < -0.3 is 10.2 Å². The van der Waals surface area contributed by atoms with Crippen molar-refractivity contribution in [2.45, 2.75) is 51.6 Å². The Labute approximate surface area is 234 Å². The molecule has 7 nitrogen and oxygen atoms in total. The first kappa shape index (κ1) is 30.1. The molecule has 0 saturated carbocycles. The van der Waals surface area contributed by atoms with E-state index in [1.165, 1.54) is 48.2 Å². The third-order valence-corrected chi connectivity index (χ3v) is 8.54. The van der Waals surface area contributed by atoms with Crippen LogP contribution in [0.5, 0.6) is 0 Å². The fraction of sp³-hybridized carbons (Fsp3) is 0.310. The van der Waals surface area contributed by atoms with Crippen LogP contribution in [0.15, 0.2) is 71.6 Å². The smallest absolute Gasteiger partial charge is 0.264 e. The highest BCUT2D eigenvalue weighted by molar-refractivity contribution is 7.92. The molecule has 3 aromatic carbocycles. The number of anilines is 1. The molecule has 2 amide bonds. The molecule has 0 saturated heterocycles. The van der Waals surface area contributed by atoms with Gasteiger partial charge in [0, 0.05) is 23.7 Å². The molecular formula is C29H33ClFN3O4S. The molecule has 0 aromatic heterocycles. The van der Waals surface area contributed by atoms with Gasteiger partial charge in [-0.3, -0.25) is 13.9 Å². The number of nitrogens with zero attached hydrogens (tertiary/aromatic N) is 2. The molecule has 3 rings (SSSR count). The Hall–Kier alpha value is -3.43. The zero-order valence-electron chi connectivity index (χ0n) is 22.4. The van der Waals surface area contributed by atoms with Crippen molar-refractivity contribution < 1.29 is 22.4 Å². The van der Waals surface area contributed by atoms with Crippen molar-refractivity contribution in [3.05, 3.63) is 94.3 Å². The summed E-state index contributed by atoms with van der Waals surface area (Å²) >= 11 is 6.33. The monoisotopic (exact) mass is 573 g/mol. The average molecular weight is 574 g/mol. The van der Waals surface area contributed by atoms with Crippen LogP contribution in [0, 0.1) is 19.7 Å². The first-order chi connectivity index (χ1) is 18.4. The number of nitrogens with one attached hydrogen (secondary N) is 1. The molecule has 1 N–H and O–H groups in total. The Balaban J connectivity index is 2.05. The van der Waals surface area contributed by atoms with Gasteiger partial charge in [0.25, 0.3) is 10.0 Å². The number of sulfonamides is 1. The number of hydrogen-bond donors (Lipinski definition) is 1. The van der Waals surface area contributed by atoms with Crippen LogP contribution in [-0.2, 0) is 26.2 Å². The molecule has 1 unspecified atom stereocenters. The SMILES string of the molecule is CCCNC(=O)C(C)N(Cc1ccccc1F)C(=O)CN(c1ccc(C)c(Cl)c1)S(=O)(=O)c1ccc(C)cc1. The molecule has 0 bridgehead atoms. The van der Waals surface area contributed by atoms with Crippen LogP contribution in [0.3, 0.4) is 0 Å². The molecule has 0 spiro atoms. The van der Waals surface area contributed by atoms with E-state index in [0.29, 0.717) is 18.0 Å². The number of amides is 2. The zero-order valence-corrected chi connectivity index (χ0v) is 24.0. The lowest BCUT2D eigenvalue weighted by Gasteiger charge is -2.32. The maximum absolute atomic E-state index is 14.6. The second-order valence-electron chi connectivity index (χ2n) is 9.34. The second-order valence-corrected chi connectivity index (χ2v) is 11.6. The molecule has 0 heterocycles. The first-order valence-electron chi connectivity index (χ1n) is 12.6. The predicted octanol–water partition coefficient (Wildman–Crippen LogP) is 5.23. The van der Waals surface area contributed by atoms with Crippen LogP contribution in [-0.4, -0.2) is 44.3 Å². The van der Waals surface area contributed by atoms with Crippen LogP contribution < -0.4 is 9.62 Å². The zero-order chi connectivity index (χ0) is 28.7. The summed E-state index contributed by atoms with van der Waals surface area (Å²) in [4.78, 5) is 27.9. The highest BCUT2D eigenvalue weighted by Crippen LogP contribution is 2.29. The molecule has 1 atom stereocenters. The summed E-state index contributed by atoms with van der Waals surface area (Å²) in [7, 11) is -4.22. The van der Waals surface area contributed by atoms with Gasteiger partial charge in [-0.25, -0.2) is 12.8 Å². The summed E-state index contributed by atoms with van der Waals surface area (Å²) < 4.78 is 43.2. The lowest BCUT2D eigenvalue weighted by Crippen LogP contribution is -2.51. The van der Waals surface area contributed by atoms with Crippen LogP contribution in [0.4, 0.5) is 10.1 Å². The van der Waals surface area contributed by atoms with E-state index in [4.69, 9.17) is 11.6 Å². The minimum atomic E-state index is -4.22. The quantitative estimate of drug-likeness (QED) is 0.340. The Morgan fingerprint density at radius 2 is 1.69 bits per heavy atom. The number of aryl methyl sites for hydroxylation is 2. The fourth-order valence-corrected chi connectivity index (χ4v) is 5.47. The lowest BCUT2D eigenvalue weighted by molar-refractivity contribution is -0.139. The maximum Gasteiger partial charge on any atom is 0.264 e. The Bertz CT molecular complexity index is 1430. The van der Waals surface area contributed by atoms with Crippen molar-refractivity contribution in [1.29, 1.82) is 0 Å². The van der Waals surface area contributed by atoms with Gasteiger partial charge in [0.1, 0.15) is 18.4 Å². The van der Waals surface area contributed by atoms with E-state index in [1.807, 2.05) is 13.8 Å². The third kappa shape index (κ3) is 7.36. The minimum Gasteiger partial charge on any atom is -0.354 e. The standard InChI is InChI=1S/C29H33ClFN3O4S/c1-5-16-32-29(36)22(4)33(18-23-8-6-7-9-27(23)31)28(35)19-34(24-13-12-21(3)26(30)17-24)39(37,38)25-14-10-20(2)11-15-25/h6-15,17,22H,5,16,18-19H2,1-4H3,(H,32,36). The average Bonchev–Trinajstić information content (AvgIpc) is 2.91. The molecular weight excluding hydrogens is 541 g/mol. The number of benzene rings is 3. The number of hydrogen-bond acceptors (Lipinski definition) is 4. The van der Waals surface area contributed by atoms with Gasteiger partial charge in [-0.15, -0.1) is 0 Å². The van der Waals surface area contributed by atoms with Gasteiger partial charge >= 0.3 is 0 Å². The summed E-state index contributed by atoms with van der Waals surface area (Å²) in [6, 6.07) is 15.9. The molecule has 39 heavy (non-hydrogen) atoms. The largest absolute Gasteiger partial charge is 0.354 e. The van der Waals surface area contributed by atoms with Gasteiger partial charge in [-0.05, 0) is 63.1 Å². The Morgan fingerprint density at radius 1 is 1.03 bits per heavy atom. The van der Waals surface area contributed by atoms with Gasteiger partial charge in [0.05, 0.1) is 10.6 Å². The van der Waals surface area contributed by atoms with Crippen molar-refractivity contribution in [3.63, 3.8) is 0 Å². The summed E-state index contributed by atoms with van der Waals surface area (Å²) in [6.07, 6.45) is 0.691.